The third-order valence-electron chi connectivity index (χ3n) is 3.63. The van der Waals surface area contributed by atoms with Crippen molar-refractivity contribution < 1.29 is 14.9 Å². The number of nitrogens with one attached hydrogen (secondary N) is 1. The number of H-pyrrole nitrogens is 1. The van der Waals surface area contributed by atoms with Crippen LogP contribution in [0.25, 0.3) is 0 Å². The van der Waals surface area contributed by atoms with Gasteiger partial charge in [0, 0.05) is 0 Å². The first-order valence-electron chi connectivity index (χ1n) is 7.07. The molecule has 23 heavy (non-hydrogen) atoms. The molecule has 1 aromatic heterocycles. The first kappa shape index (κ1) is 16.2. The molecule has 4 atom stereocenters. The van der Waals surface area contributed by atoms with Crippen LogP contribution in [0.2, 0.25) is 4.82 Å². The number of aromatic amines is 1. The number of aliphatic hydroxyl groups is 2. The third kappa shape index (κ3) is 3.31. The molecular weight excluding hydrogens is 367 g/mol. The maximum atomic E-state index is 12.0. The van der Waals surface area contributed by atoms with Gasteiger partial charge in [-0.15, -0.1) is 0 Å². The summed E-state index contributed by atoms with van der Waals surface area (Å²) in [5, 5.41) is 19.8. The predicted molar refractivity (Wildman–Crippen MR) is 83.9 cm³/mol. The van der Waals surface area contributed by atoms with E-state index in [1.807, 2.05) is 30.3 Å². The van der Waals surface area contributed by atoms with Crippen LogP contribution >= 0.6 is 0 Å². The van der Waals surface area contributed by atoms with E-state index < -0.39 is 29.7 Å². The van der Waals surface area contributed by atoms with E-state index in [0.29, 0.717) is 0 Å². The number of hydrogen-bond acceptors (Lipinski definition) is 5. The molecule has 1 saturated heterocycles. The zero-order chi connectivity index (χ0) is 16.4. The van der Waals surface area contributed by atoms with Crippen LogP contribution in [0.3, 0.4) is 0 Å². The van der Waals surface area contributed by atoms with Crippen LogP contribution in [0.4, 0.5) is 0 Å². The summed E-state index contributed by atoms with van der Waals surface area (Å²) in [7, 11) is 0. The number of benzene rings is 1. The molecular formula is C15H16N2O5Se. The van der Waals surface area contributed by atoms with E-state index in [9.17, 15) is 19.8 Å². The minimum absolute atomic E-state index is 0.176. The fourth-order valence-electron chi connectivity index (χ4n) is 2.50. The summed E-state index contributed by atoms with van der Waals surface area (Å²) in [4.78, 5) is 25.1. The summed E-state index contributed by atoms with van der Waals surface area (Å²) in [6, 6.07) is 10.9. The first-order valence-corrected chi connectivity index (χ1v) is 8.92. The number of hydrogen-bond donors (Lipinski definition) is 3. The molecule has 1 aromatic carbocycles. The van der Waals surface area contributed by atoms with Crippen LogP contribution in [-0.2, 0) is 4.74 Å². The molecule has 0 saturated carbocycles. The minimum atomic E-state index is -0.885. The van der Waals surface area contributed by atoms with E-state index in [-0.39, 0.29) is 26.4 Å². The van der Waals surface area contributed by atoms with Crippen molar-refractivity contribution in [1.29, 1.82) is 0 Å². The van der Waals surface area contributed by atoms with Crippen LogP contribution in [0.5, 0.6) is 0 Å². The SMILES string of the molecule is O=c1ccn([C@@H]2O[C@H](CO)C(O)[C@@H]2[Se]c2ccccc2)c(=O)[nH]1. The monoisotopic (exact) mass is 384 g/mol. The van der Waals surface area contributed by atoms with Crippen molar-refractivity contribution in [2.45, 2.75) is 23.3 Å². The van der Waals surface area contributed by atoms with Crippen molar-refractivity contribution in [2.75, 3.05) is 6.61 Å². The normalized spacial score (nSPS) is 27.2. The Kier molecular flexibility index (Phi) is 4.79. The summed E-state index contributed by atoms with van der Waals surface area (Å²) < 4.78 is 7.98. The Morgan fingerprint density at radius 3 is 2.61 bits per heavy atom. The molecule has 1 aliphatic heterocycles. The predicted octanol–water partition coefficient (Wildman–Crippen LogP) is -1.39. The quantitative estimate of drug-likeness (QED) is 0.564. The average molecular weight is 383 g/mol. The molecule has 0 amide bonds. The molecule has 3 N–H and O–H groups in total. The second-order valence-electron chi connectivity index (χ2n) is 5.15. The summed E-state index contributed by atoms with van der Waals surface area (Å²) >= 11 is -0.176. The van der Waals surface area contributed by atoms with Gasteiger partial charge >= 0.3 is 137 Å². The number of aliphatic hydroxyl groups excluding tert-OH is 2. The fraction of sp³-hybridized carbons (Fsp3) is 0.333. The Morgan fingerprint density at radius 1 is 1.22 bits per heavy atom. The van der Waals surface area contributed by atoms with Crippen molar-refractivity contribution in [1.82, 2.24) is 9.55 Å². The van der Waals surface area contributed by atoms with Crippen molar-refractivity contribution in [2.24, 2.45) is 0 Å². The van der Waals surface area contributed by atoms with Gasteiger partial charge in [-0.3, -0.25) is 0 Å². The number of rotatable bonds is 4. The molecule has 122 valence electrons. The van der Waals surface area contributed by atoms with E-state index in [0.717, 1.165) is 4.46 Å². The average Bonchev–Trinajstić information content (AvgIpc) is 2.85. The summed E-state index contributed by atoms with van der Waals surface area (Å²) in [6.07, 6.45) is -1.02. The van der Waals surface area contributed by atoms with Crippen molar-refractivity contribution in [3.05, 3.63) is 63.4 Å². The zero-order valence-corrected chi connectivity index (χ0v) is 13.7. The van der Waals surface area contributed by atoms with Crippen molar-refractivity contribution in [3.63, 3.8) is 0 Å². The van der Waals surface area contributed by atoms with E-state index in [2.05, 4.69) is 4.98 Å². The Labute approximate surface area is 137 Å². The second-order valence-corrected chi connectivity index (χ2v) is 7.78. The molecule has 2 heterocycles. The molecule has 0 bridgehead atoms. The van der Waals surface area contributed by atoms with E-state index in [1.165, 1.54) is 16.8 Å². The molecule has 3 rings (SSSR count). The topological polar surface area (TPSA) is 105 Å². The van der Waals surface area contributed by atoms with E-state index in [4.69, 9.17) is 4.74 Å². The van der Waals surface area contributed by atoms with Gasteiger partial charge in [0.15, 0.2) is 0 Å². The Morgan fingerprint density at radius 2 is 1.96 bits per heavy atom. The van der Waals surface area contributed by atoms with Gasteiger partial charge in [0.25, 0.3) is 0 Å². The molecule has 0 aliphatic carbocycles. The molecule has 0 spiro atoms. The van der Waals surface area contributed by atoms with Crippen LogP contribution in [-0.4, -0.2) is 53.5 Å². The molecule has 0 radical (unpaired) electrons. The standard InChI is InChI=1S/C15H16N2O5Se/c18-8-10-12(20)13(23-9-4-2-1-3-5-9)14(22-10)17-7-6-11(19)16-15(17)21/h1-7,10,12-14,18,20H,8H2,(H,16,19,21)/t10-,12?,13+,14-/m1/s1. The molecule has 1 unspecified atom stereocenters. The van der Waals surface area contributed by atoms with Crippen LogP contribution in [0.15, 0.2) is 52.2 Å². The molecule has 1 fully saturated rings. The Balaban J connectivity index is 1.95. The third-order valence-corrected chi connectivity index (χ3v) is 6.42. The van der Waals surface area contributed by atoms with Gasteiger partial charge in [-0.25, -0.2) is 0 Å². The van der Waals surface area contributed by atoms with E-state index >= 15 is 0 Å². The summed E-state index contributed by atoms with van der Waals surface area (Å²) in [6.45, 7) is -0.336. The van der Waals surface area contributed by atoms with Crippen LogP contribution in [0.1, 0.15) is 6.23 Å². The summed E-state index contributed by atoms with van der Waals surface area (Å²) in [5.41, 5.74) is -1.09. The summed E-state index contributed by atoms with van der Waals surface area (Å²) in [5.74, 6) is 0. The zero-order valence-electron chi connectivity index (χ0n) is 12.0. The second kappa shape index (κ2) is 6.82. The van der Waals surface area contributed by atoms with Crippen LogP contribution in [0, 0.1) is 0 Å². The maximum absolute atomic E-state index is 12.0. The van der Waals surface area contributed by atoms with E-state index in [1.54, 1.807) is 0 Å². The number of aromatic nitrogens is 2. The molecule has 7 nitrogen and oxygen atoms in total. The Bertz CT molecular complexity index is 775. The van der Waals surface area contributed by atoms with Gasteiger partial charge in [0.05, 0.1) is 0 Å². The molecule has 8 heteroatoms. The van der Waals surface area contributed by atoms with Crippen molar-refractivity contribution >= 4 is 19.4 Å². The fourth-order valence-corrected chi connectivity index (χ4v) is 5.14. The van der Waals surface area contributed by atoms with Gasteiger partial charge in [0.2, 0.25) is 0 Å². The van der Waals surface area contributed by atoms with Gasteiger partial charge in [0.1, 0.15) is 0 Å². The Hall–Kier alpha value is -1.70. The number of nitrogens with zero attached hydrogens (tertiary/aromatic N) is 1. The number of ether oxygens (including phenoxy) is 1. The van der Waals surface area contributed by atoms with Gasteiger partial charge < -0.3 is 0 Å². The van der Waals surface area contributed by atoms with Crippen LogP contribution < -0.4 is 15.7 Å². The van der Waals surface area contributed by atoms with Gasteiger partial charge in [-0.05, 0) is 0 Å². The van der Waals surface area contributed by atoms with Gasteiger partial charge in [-0.1, -0.05) is 0 Å². The molecule has 2 aromatic rings. The first-order chi connectivity index (χ1) is 11.1. The van der Waals surface area contributed by atoms with Crippen molar-refractivity contribution in [3.8, 4) is 0 Å². The molecule has 1 aliphatic rings. The van der Waals surface area contributed by atoms with Gasteiger partial charge in [-0.2, -0.15) is 0 Å².